The number of ether oxygens (including phenoxy) is 1. The fourth-order valence-electron chi connectivity index (χ4n) is 6.56. The van der Waals surface area contributed by atoms with Crippen LogP contribution in [0.5, 0.6) is 0 Å². The molecule has 2 aliphatic heterocycles. The number of hydrogen-bond acceptors (Lipinski definition) is 5. The average molecular weight is 639 g/mol. The molecule has 0 aliphatic carbocycles. The molecule has 3 heterocycles. The Labute approximate surface area is 272 Å². The van der Waals surface area contributed by atoms with E-state index in [0.717, 1.165) is 73.5 Å². The SMILES string of the molecule is Cc1nc(C)c(C(OC(C)(C)C)C(=O)O)c(N2CCC(C)(C)CC2)c1-c1ccc2c(c1)CCN(Cc1c(Cl)cccc1Cl)C2. The number of carboxylic acid groups (broad SMARTS) is 1. The third-order valence-corrected chi connectivity index (χ3v) is 9.71. The van der Waals surface area contributed by atoms with Gasteiger partial charge < -0.3 is 14.7 Å². The first-order valence-electron chi connectivity index (χ1n) is 15.6. The summed E-state index contributed by atoms with van der Waals surface area (Å²) >= 11 is 13.0. The van der Waals surface area contributed by atoms with E-state index >= 15 is 0 Å². The Morgan fingerprint density at radius 1 is 1.02 bits per heavy atom. The Morgan fingerprint density at radius 2 is 1.68 bits per heavy atom. The van der Waals surface area contributed by atoms with Crippen molar-refractivity contribution >= 4 is 34.9 Å². The molecule has 1 atom stereocenters. The van der Waals surface area contributed by atoms with Gasteiger partial charge in [-0.1, -0.05) is 61.3 Å². The zero-order chi connectivity index (χ0) is 32.0. The van der Waals surface area contributed by atoms with Crippen molar-refractivity contribution in [1.82, 2.24) is 9.88 Å². The Morgan fingerprint density at radius 3 is 2.30 bits per heavy atom. The number of hydrogen-bond donors (Lipinski definition) is 1. The van der Waals surface area contributed by atoms with Gasteiger partial charge in [0.2, 0.25) is 0 Å². The summed E-state index contributed by atoms with van der Waals surface area (Å²) < 4.78 is 6.25. The standard InChI is InChI=1S/C36H45Cl2N3O3/c1-22-30(25-11-12-26-20-40(16-13-24(26)19-25)21-27-28(37)9-8-10-29(27)38)32(41-17-14-36(6,7)15-18-41)31(23(2)39-22)33(34(42)43)44-35(3,4)5/h8-12,19,33H,13-18,20-21H2,1-7H3,(H,42,43). The van der Waals surface area contributed by atoms with Gasteiger partial charge in [-0.25, -0.2) is 4.79 Å². The predicted molar refractivity (Wildman–Crippen MR) is 180 cm³/mol. The predicted octanol–water partition coefficient (Wildman–Crippen LogP) is 8.80. The van der Waals surface area contributed by atoms with Crippen molar-refractivity contribution in [3.63, 3.8) is 0 Å². The highest BCUT2D eigenvalue weighted by Crippen LogP contribution is 2.45. The summed E-state index contributed by atoms with van der Waals surface area (Å²) in [5.41, 5.74) is 8.43. The first-order chi connectivity index (χ1) is 20.6. The summed E-state index contributed by atoms with van der Waals surface area (Å²) in [5.74, 6) is -0.998. The molecular formula is C36H45Cl2N3O3. The van der Waals surface area contributed by atoms with Gasteiger partial charge in [-0.15, -0.1) is 0 Å². The Bertz CT molecular complexity index is 1530. The molecule has 0 saturated carbocycles. The summed E-state index contributed by atoms with van der Waals surface area (Å²) in [4.78, 5) is 22.5. The smallest absolute Gasteiger partial charge is 0.337 e. The second-order valence-corrected chi connectivity index (χ2v) is 15.0. The molecule has 0 radical (unpaired) electrons. The molecule has 8 heteroatoms. The maximum Gasteiger partial charge on any atom is 0.337 e. The van der Waals surface area contributed by atoms with Crippen LogP contribution in [0.3, 0.4) is 0 Å². The van der Waals surface area contributed by atoms with E-state index in [4.69, 9.17) is 32.9 Å². The molecule has 1 fully saturated rings. The van der Waals surface area contributed by atoms with Gasteiger partial charge >= 0.3 is 5.97 Å². The minimum Gasteiger partial charge on any atom is -0.479 e. The van der Waals surface area contributed by atoms with E-state index in [1.807, 2.05) is 52.8 Å². The van der Waals surface area contributed by atoms with Crippen LogP contribution in [0.1, 0.15) is 87.2 Å². The fraction of sp³-hybridized carbons (Fsp3) is 0.500. The first-order valence-corrected chi connectivity index (χ1v) is 16.3. The highest BCUT2D eigenvalue weighted by Gasteiger charge is 2.36. The number of anilines is 1. The van der Waals surface area contributed by atoms with Crippen molar-refractivity contribution in [2.24, 2.45) is 5.41 Å². The number of halogens is 2. The van der Waals surface area contributed by atoms with E-state index < -0.39 is 17.7 Å². The topological polar surface area (TPSA) is 65.9 Å². The molecule has 44 heavy (non-hydrogen) atoms. The van der Waals surface area contributed by atoms with Crippen LogP contribution in [0.25, 0.3) is 11.1 Å². The molecule has 0 spiro atoms. The van der Waals surface area contributed by atoms with Crippen LogP contribution in [0.4, 0.5) is 5.69 Å². The largest absolute Gasteiger partial charge is 0.479 e. The summed E-state index contributed by atoms with van der Waals surface area (Å²) in [6.07, 6.45) is 1.82. The van der Waals surface area contributed by atoms with Gasteiger partial charge in [-0.3, -0.25) is 9.88 Å². The van der Waals surface area contributed by atoms with E-state index in [1.165, 1.54) is 11.1 Å². The molecule has 1 saturated heterocycles. The number of benzene rings is 2. The molecule has 2 aliphatic rings. The molecule has 1 N–H and O–H groups in total. The average Bonchev–Trinajstić information content (AvgIpc) is 2.93. The number of pyridine rings is 1. The molecule has 1 unspecified atom stereocenters. The van der Waals surface area contributed by atoms with E-state index in [2.05, 4.69) is 41.8 Å². The van der Waals surface area contributed by atoms with Gasteiger partial charge in [-0.05, 0) is 88.1 Å². The van der Waals surface area contributed by atoms with Crippen LogP contribution < -0.4 is 4.90 Å². The lowest BCUT2D eigenvalue weighted by Gasteiger charge is -2.41. The lowest BCUT2D eigenvalue weighted by molar-refractivity contribution is -0.160. The van der Waals surface area contributed by atoms with Gasteiger partial charge in [0.15, 0.2) is 6.10 Å². The molecule has 0 amide bonds. The molecular weight excluding hydrogens is 593 g/mol. The number of carboxylic acids is 1. The third-order valence-electron chi connectivity index (χ3n) is 9.00. The highest BCUT2D eigenvalue weighted by molar-refractivity contribution is 6.35. The van der Waals surface area contributed by atoms with Crippen molar-refractivity contribution in [2.75, 3.05) is 24.5 Å². The second-order valence-electron chi connectivity index (χ2n) is 14.2. The van der Waals surface area contributed by atoms with Crippen molar-refractivity contribution in [3.05, 3.63) is 80.1 Å². The normalized spacial score (nSPS) is 17.8. The number of aryl methyl sites for hydroxylation is 2. The molecule has 0 bridgehead atoms. The third kappa shape index (κ3) is 7.09. The van der Waals surface area contributed by atoms with E-state index in [1.54, 1.807) is 0 Å². The van der Waals surface area contributed by atoms with Crippen LogP contribution in [-0.4, -0.2) is 46.2 Å². The monoisotopic (exact) mass is 637 g/mol. The zero-order valence-electron chi connectivity index (χ0n) is 27.1. The van der Waals surface area contributed by atoms with Gasteiger partial charge in [0.05, 0.1) is 11.3 Å². The maximum absolute atomic E-state index is 12.8. The summed E-state index contributed by atoms with van der Waals surface area (Å²) in [6, 6.07) is 12.3. The molecule has 236 valence electrons. The maximum atomic E-state index is 12.8. The summed E-state index contributed by atoms with van der Waals surface area (Å²) in [5, 5.41) is 11.9. The molecule has 2 aromatic carbocycles. The van der Waals surface area contributed by atoms with Crippen molar-refractivity contribution in [1.29, 1.82) is 0 Å². The van der Waals surface area contributed by atoms with Crippen LogP contribution in [0.2, 0.25) is 10.0 Å². The quantitative estimate of drug-likeness (QED) is 0.279. The van der Waals surface area contributed by atoms with Crippen LogP contribution >= 0.6 is 23.2 Å². The lowest BCUT2D eigenvalue weighted by Crippen LogP contribution is -2.39. The van der Waals surface area contributed by atoms with Crippen molar-refractivity contribution < 1.29 is 14.6 Å². The van der Waals surface area contributed by atoms with Gasteiger partial charge in [0, 0.05) is 70.8 Å². The number of rotatable bonds is 7. The van der Waals surface area contributed by atoms with Crippen LogP contribution in [-0.2, 0) is 29.0 Å². The van der Waals surface area contributed by atoms with Gasteiger partial charge in [-0.2, -0.15) is 0 Å². The minimum atomic E-state index is -1.13. The summed E-state index contributed by atoms with van der Waals surface area (Å²) in [6.45, 7) is 18.4. The zero-order valence-corrected chi connectivity index (χ0v) is 28.6. The fourth-order valence-corrected chi connectivity index (χ4v) is 7.08. The van der Waals surface area contributed by atoms with Crippen molar-refractivity contribution in [2.45, 2.75) is 92.5 Å². The van der Waals surface area contributed by atoms with E-state index in [9.17, 15) is 9.90 Å². The minimum absolute atomic E-state index is 0.244. The van der Waals surface area contributed by atoms with Crippen LogP contribution in [0.15, 0.2) is 36.4 Å². The Balaban J connectivity index is 1.57. The number of aromatic nitrogens is 1. The molecule has 1 aromatic heterocycles. The van der Waals surface area contributed by atoms with E-state index in [-0.39, 0.29) is 5.41 Å². The second kappa shape index (κ2) is 12.6. The lowest BCUT2D eigenvalue weighted by atomic mass is 9.81. The number of fused-ring (bicyclic) bond motifs is 1. The number of carbonyl (C=O) groups is 1. The Kier molecular flexibility index (Phi) is 9.40. The summed E-state index contributed by atoms with van der Waals surface area (Å²) in [7, 11) is 0. The Hall–Kier alpha value is -2.64. The van der Waals surface area contributed by atoms with Crippen LogP contribution in [0, 0.1) is 19.3 Å². The number of nitrogens with zero attached hydrogens (tertiary/aromatic N) is 3. The van der Waals surface area contributed by atoms with Crippen molar-refractivity contribution in [3.8, 4) is 11.1 Å². The molecule has 3 aromatic rings. The molecule has 6 nitrogen and oxygen atoms in total. The van der Waals surface area contributed by atoms with Gasteiger partial charge in [0.1, 0.15) is 0 Å². The van der Waals surface area contributed by atoms with E-state index in [0.29, 0.717) is 27.8 Å². The first kappa shape index (κ1) is 32.7. The highest BCUT2D eigenvalue weighted by atomic mass is 35.5. The number of piperidine rings is 1. The molecule has 5 rings (SSSR count). The number of aliphatic carboxylic acids is 1. The van der Waals surface area contributed by atoms with Gasteiger partial charge in [0.25, 0.3) is 0 Å².